The molecule has 4 unspecified atom stereocenters. The quantitative estimate of drug-likeness (QED) is 0.410. The molecule has 0 spiro atoms. The minimum Gasteiger partial charge on any atom is -0.379 e. The molecule has 4 atom stereocenters. The van der Waals surface area contributed by atoms with Gasteiger partial charge in [0.2, 0.25) is 0 Å². The average molecular weight is 558 g/mol. The van der Waals surface area contributed by atoms with E-state index in [2.05, 4.69) is 65.6 Å². The van der Waals surface area contributed by atoms with Crippen molar-refractivity contribution in [3.8, 4) is 0 Å². The third-order valence-corrected chi connectivity index (χ3v) is 10.8. The van der Waals surface area contributed by atoms with E-state index >= 15 is 0 Å². The zero-order chi connectivity index (χ0) is 28.4. The lowest BCUT2D eigenvalue weighted by atomic mass is 9.72. The van der Waals surface area contributed by atoms with Crippen LogP contribution < -0.4 is 16.4 Å². The number of aromatic nitrogens is 3. The van der Waals surface area contributed by atoms with Gasteiger partial charge in [0.25, 0.3) is 0 Å². The number of benzene rings is 1. The Labute approximate surface area is 242 Å². The zero-order valence-electron chi connectivity index (χ0n) is 24.5. The molecular formula is C32H43N7O2. The zero-order valence-corrected chi connectivity index (χ0v) is 24.5. The number of nitrogens with one attached hydrogen (secondary N) is 2. The van der Waals surface area contributed by atoms with E-state index in [1.807, 2.05) is 16.8 Å². The molecule has 2 aromatic heterocycles. The molecule has 1 aromatic carbocycles. The Hall–Kier alpha value is -3.01. The number of hydrogen-bond donors (Lipinski definition) is 3. The van der Waals surface area contributed by atoms with Crippen molar-refractivity contribution in [3.63, 3.8) is 0 Å². The second-order valence-electron chi connectivity index (χ2n) is 13.3. The van der Waals surface area contributed by atoms with Crippen molar-refractivity contribution in [1.29, 1.82) is 0 Å². The highest BCUT2D eigenvalue weighted by atomic mass is 16.5. The van der Waals surface area contributed by atoms with Gasteiger partial charge in [-0.05, 0) is 61.1 Å². The Balaban J connectivity index is 1.11. The first kappa shape index (κ1) is 26.9. The van der Waals surface area contributed by atoms with Crippen LogP contribution in [0.5, 0.6) is 0 Å². The first-order valence-electron chi connectivity index (χ1n) is 15.4. The predicted molar refractivity (Wildman–Crippen MR) is 160 cm³/mol. The van der Waals surface area contributed by atoms with Gasteiger partial charge in [0, 0.05) is 61.3 Å². The Morgan fingerprint density at radius 3 is 2.54 bits per heavy atom. The van der Waals surface area contributed by atoms with Gasteiger partial charge in [-0.25, -0.2) is 9.50 Å². The number of morpholine rings is 1. The first-order chi connectivity index (χ1) is 19.8. The molecule has 0 amide bonds. The number of anilines is 3. The predicted octanol–water partition coefficient (Wildman–Crippen LogP) is 4.36. The maximum absolute atomic E-state index is 14.2. The first-order valence-corrected chi connectivity index (χ1v) is 15.4. The summed E-state index contributed by atoms with van der Waals surface area (Å²) in [4.78, 5) is 21.2. The van der Waals surface area contributed by atoms with Gasteiger partial charge in [-0.3, -0.25) is 9.69 Å². The van der Waals surface area contributed by atoms with Crippen LogP contribution in [-0.2, 0) is 14.9 Å². The number of carbonyl (C=O) groups is 1. The molecule has 3 saturated carbocycles. The molecule has 9 nitrogen and oxygen atoms in total. The lowest BCUT2D eigenvalue weighted by molar-refractivity contribution is -0.131. The third kappa shape index (κ3) is 4.35. The number of nitrogens with zero attached hydrogens (tertiary/aromatic N) is 4. The summed E-state index contributed by atoms with van der Waals surface area (Å²) in [6.07, 6.45) is 8.90. The number of hydrogen-bond acceptors (Lipinski definition) is 8. The molecule has 9 heteroatoms. The fraction of sp³-hybridized carbons (Fsp3) is 0.594. The standard InChI is InChI=1S/C32H43N7O2/c1-20-26(38-14-16-41-17-15-38)19-27-31(2,3)32(27,29(20)40)21-4-8-23(9-5-21)35-25-18-28(37-39-13-12-34-30(25)39)36-24-10-6-22(33)7-11-24/h4-5,8-9,12-13,18,20,22,24,26-27,35H,6-7,10-11,14-17,19,33H2,1-3H3,(H,36,37). The third-order valence-electron chi connectivity index (χ3n) is 10.8. The van der Waals surface area contributed by atoms with Crippen molar-refractivity contribution in [3.05, 3.63) is 48.3 Å². The van der Waals surface area contributed by atoms with Crippen LogP contribution in [0.25, 0.3) is 5.65 Å². The van der Waals surface area contributed by atoms with Crippen molar-refractivity contribution in [2.75, 3.05) is 36.9 Å². The monoisotopic (exact) mass is 557 g/mol. The van der Waals surface area contributed by atoms with Crippen LogP contribution in [0, 0.1) is 17.3 Å². The van der Waals surface area contributed by atoms with Gasteiger partial charge in [-0.1, -0.05) is 32.9 Å². The summed E-state index contributed by atoms with van der Waals surface area (Å²) in [6.45, 7) is 10.1. The molecule has 0 bridgehead atoms. The van der Waals surface area contributed by atoms with Gasteiger partial charge in [0.05, 0.1) is 24.3 Å². The Morgan fingerprint density at radius 2 is 1.80 bits per heavy atom. The van der Waals surface area contributed by atoms with Crippen LogP contribution in [-0.4, -0.2) is 69.7 Å². The second kappa shape index (κ2) is 10.1. The Kier molecular flexibility index (Phi) is 6.60. The van der Waals surface area contributed by atoms with Crippen LogP contribution in [0.15, 0.2) is 42.7 Å². The van der Waals surface area contributed by atoms with Crippen LogP contribution >= 0.6 is 0 Å². The molecule has 0 radical (unpaired) electrons. The number of ether oxygens (including phenoxy) is 1. The molecule has 3 aromatic rings. The van der Waals surface area contributed by atoms with E-state index in [-0.39, 0.29) is 11.3 Å². The molecule has 218 valence electrons. The molecular weight excluding hydrogens is 514 g/mol. The minimum atomic E-state index is -0.402. The van der Waals surface area contributed by atoms with Crippen molar-refractivity contribution < 1.29 is 9.53 Å². The number of rotatable bonds is 6. The molecule has 41 heavy (non-hydrogen) atoms. The van der Waals surface area contributed by atoms with Gasteiger partial charge in [0.1, 0.15) is 11.6 Å². The van der Waals surface area contributed by atoms with Gasteiger partial charge < -0.3 is 21.1 Å². The maximum atomic E-state index is 14.2. The molecule has 4 N–H and O–H groups in total. The molecule has 4 aliphatic rings. The smallest absolute Gasteiger partial charge is 0.177 e. The van der Waals surface area contributed by atoms with E-state index in [0.29, 0.717) is 29.8 Å². The summed E-state index contributed by atoms with van der Waals surface area (Å²) in [5, 5.41) is 11.9. The summed E-state index contributed by atoms with van der Waals surface area (Å²) < 4.78 is 7.40. The number of carbonyl (C=O) groups excluding carboxylic acids is 1. The van der Waals surface area contributed by atoms with E-state index in [0.717, 1.165) is 86.8 Å². The minimum absolute atomic E-state index is 0.0142. The normalized spacial score (nSPS) is 33.4. The number of ketones is 1. The van der Waals surface area contributed by atoms with E-state index in [4.69, 9.17) is 15.6 Å². The number of imidazole rings is 1. The highest BCUT2D eigenvalue weighted by molar-refractivity contribution is 5.99. The topological polar surface area (TPSA) is 110 Å². The summed E-state index contributed by atoms with van der Waals surface area (Å²) in [7, 11) is 0. The van der Waals surface area contributed by atoms with Gasteiger partial charge in [0.15, 0.2) is 5.65 Å². The fourth-order valence-corrected chi connectivity index (χ4v) is 8.42. The van der Waals surface area contributed by atoms with E-state index in [1.54, 1.807) is 6.20 Å². The summed E-state index contributed by atoms with van der Waals surface area (Å²) in [5.41, 5.74) is 9.44. The maximum Gasteiger partial charge on any atom is 0.177 e. The molecule has 3 aliphatic carbocycles. The molecule has 1 aliphatic heterocycles. The summed E-state index contributed by atoms with van der Waals surface area (Å²) >= 11 is 0. The van der Waals surface area contributed by atoms with Crippen molar-refractivity contribution >= 4 is 28.6 Å². The highest BCUT2D eigenvalue weighted by Gasteiger charge is 2.78. The van der Waals surface area contributed by atoms with Gasteiger partial charge in [-0.15, -0.1) is 5.10 Å². The van der Waals surface area contributed by atoms with Gasteiger partial charge >= 0.3 is 0 Å². The molecule has 7 rings (SSSR count). The van der Waals surface area contributed by atoms with E-state index in [9.17, 15) is 4.79 Å². The van der Waals surface area contributed by atoms with E-state index in [1.165, 1.54) is 0 Å². The van der Waals surface area contributed by atoms with Gasteiger partial charge in [-0.2, -0.15) is 0 Å². The molecule has 1 saturated heterocycles. The van der Waals surface area contributed by atoms with Crippen LogP contribution in [0.4, 0.5) is 17.2 Å². The molecule has 4 fully saturated rings. The van der Waals surface area contributed by atoms with Crippen LogP contribution in [0.3, 0.4) is 0 Å². The number of Topliss-reactive ketones (excluding diaryl/α,β-unsaturated/α-hetero) is 1. The lowest BCUT2D eigenvalue weighted by Gasteiger charge is -2.41. The van der Waals surface area contributed by atoms with E-state index < -0.39 is 5.41 Å². The largest absolute Gasteiger partial charge is 0.379 e. The van der Waals surface area contributed by atoms with Crippen molar-refractivity contribution in [2.45, 2.75) is 76.4 Å². The van der Waals surface area contributed by atoms with Crippen molar-refractivity contribution in [2.24, 2.45) is 23.0 Å². The lowest BCUT2D eigenvalue weighted by Crippen LogP contribution is -2.52. The summed E-state index contributed by atoms with van der Waals surface area (Å²) in [5.74, 6) is 1.61. The number of fused-ring (bicyclic) bond motifs is 2. The fourth-order valence-electron chi connectivity index (χ4n) is 8.42. The number of nitrogens with two attached hydrogens (primary N) is 1. The van der Waals surface area contributed by atoms with Crippen molar-refractivity contribution in [1.82, 2.24) is 19.5 Å². The average Bonchev–Trinajstić information content (AvgIpc) is 3.23. The SMILES string of the molecule is CC1C(=O)C2(c3ccc(Nc4cc(NC5CCC(N)CC5)nn5ccnc45)cc3)C(CC1N1CCOCC1)C2(C)C. The Bertz CT molecular complexity index is 1420. The Morgan fingerprint density at radius 1 is 1.07 bits per heavy atom. The highest BCUT2D eigenvalue weighted by Crippen LogP contribution is 2.74. The summed E-state index contributed by atoms with van der Waals surface area (Å²) in [6, 6.07) is 11.6. The van der Waals surface area contributed by atoms with Crippen LogP contribution in [0.1, 0.15) is 58.4 Å². The van der Waals surface area contributed by atoms with Crippen LogP contribution in [0.2, 0.25) is 0 Å². The second-order valence-corrected chi connectivity index (χ2v) is 13.3. The molecule has 3 heterocycles.